The van der Waals surface area contributed by atoms with Crippen molar-refractivity contribution in [2.75, 3.05) is 5.32 Å². The second-order valence-electron chi connectivity index (χ2n) is 3.89. The fourth-order valence-corrected chi connectivity index (χ4v) is 2.20. The van der Waals surface area contributed by atoms with Gasteiger partial charge in [-0.15, -0.1) is 11.3 Å². The SMILES string of the molecule is CC(=O)Nc1ccsc1CNC(C)CC(N)=O. The van der Waals surface area contributed by atoms with Gasteiger partial charge in [-0.05, 0) is 18.4 Å². The Morgan fingerprint density at radius 1 is 1.53 bits per heavy atom. The van der Waals surface area contributed by atoms with Crippen LogP contribution in [0.25, 0.3) is 0 Å². The van der Waals surface area contributed by atoms with Crippen LogP contribution >= 0.6 is 11.3 Å². The second kappa shape index (κ2) is 6.36. The van der Waals surface area contributed by atoms with E-state index in [1.807, 2.05) is 18.4 Å². The van der Waals surface area contributed by atoms with Crippen molar-refractivity contribution in [2.45, 2.75) is 32.9 Å². The molecule has 4 N–H and O–H groups in total. The van der Waals surface area contributed by atoms with Gasteiger partial charge in [0, 0.05) is 30.8 Å². The summed E-state index contributed by atoms with van der Waals surface area (Å²) in [5, 5.41) is 7.86. The third-order valence-electron chi connectivity index (χ3n) is 2.17. The zero-order valence-electron chi connectivity index (χ0n) is 9.95. The van der Waals surface area contributed by atoms with Gasteiger partial charge >= 0.3 is 0 Å². The summed E-state index contributed by atoms with van der Waals surface area (Å²) >= 11 is 1.56. The summed E-state index contributed by atoms with van der Waals surface area (Å²) < 4.78 is 0. The number of rotatable bonds is 6. The maximum atomic E-state index is 11.0. The minimum absolute atomic E-state index is 0.0276. The number of amides is 2. The first-order valence-electron chi connectivity index (χ1n) is 5.34. The van der Waals surface area contributed by atoms with Crippen molar-refractivity contribution in [3.05, 3.63) is 16.3 Å². The molecule has 1 unspecified atom stereocenters. The first kappa shape index (κ1) is 13.7. The van der Waals surface area contributed by atoms with E-state index in [1.54, 1.807) is 11.3 Å². The number of nitrogens with one attached hydrogen (secondary N) is 2. The van der Waals surface area contributed by atoms with Gasteiger partial charge in [-0.1, -0.05) is 0 Å². The number of anilines is 1. The van der Waals surface area contributed by atoms with Gasteiger partial charge in [-0.3, -0.25) is 9.59 Å². The molecule has 0 aliphatic rings. The number of nitrogens with two attached hydrogens (primary N) is 1. The lowest BCUT2D eigenvalue weighted by molar-refractivity contribution is -0.118. The number of primary amides is 1. The topological polar surface area (TPSA) is 84.2 Å². The Hall–Kier alpha value is -1.40. The minimum atomic E-state index is -0.321. The summed E-state index contributed by atoms with van der Waals surface area (Å²) in [6.45, 7) is 3.99. The van der Waals surface area contributed by atoms with Crippen molar-refractivity contribution in [1.82, 2.24) is 5.32 Å². The molecule has 0 saturated heterocycles. The molecular weight excluding hydrogens is 238 g/mol. The molecule has 0 aliphatic heterocycles. The van der Waals surface area contributed by atoms with E-state index in [-0.39, 0.29) is 17.9 Å². The fourth-order valence-electron chi connectivity index (χ4n) is 1.42. The molecule has 0 bridgehead atoms. The Morgan fingerprint density at radius 2 is 2.24 bits per heavy atom. The zero-order valence-corrected chi connectivity index (χ0v) is 10.8. The quantitative estimate of drug-likeness (QED) is 0.710. The summed E-state index contributed by atoms with van der Waals surface area (Å²) in [4.78, 5) is 22.7. The van der Waals surface area contributed by atoms with Crippen molar-refractivity contribution in [2.24, 2.45) is 5.73 Å². The van der Waals surface area contributed by atoms with Gasteiger partial charge in [0.15, 0.2) is 0 Å². The molecule has 1 atom stereocenters. The van der Waals surface area contributed by atoms with Gasteiger partial charge in [0.05, 0.1) is 5.69 Å². The molecule has 94 valence electrons. The Labute approximate surface area is 104 Å². The maximum Gasteiger partial charge on any atom is 0.221 e. The highest BCUT2D eigenvalue weighted by Gasteiger charge is 2.09. The third-order valence-corrected chi connectivity index (χ3v) is 3.10. The molecule has 17 heavy (non-hydrogen) atoms. The largest absolute Gasteiger partial charge is 0.370 e. The highest BCUT2D eigenvalue weighted by molar-refractivity contribution is 7.10. The lowest BCUT2D eigenvalue weighted by Gasteiger charge is -2.12. The van der Waals surface area contributed by atoms with E-state index >= 15 is 0 Å². The van der Waals surface area contributed by atoms with Crippen LogP contribution in [0.4, 0.5) is 5.69 Å². The van der Waals surface area contributed by atoms with Gasteiger partial charge in [0.2, 0.25) is 11.8 Å². The van der Waals surface area contributed by atoms with E-state index in [9.17, 15) is 9.59 Å². The van der Waals surface area contributed by atoms with Gasteiger partial charge in [-0.2, -0.15) is 0 Å². The lowest BCUT2D eigenvalue weighted by atomic mass is 10.2. The van der Waals surface area contributed by atoms with E-state index < -0.39 is 0 Å². The van der Waals surface area contributed by atoms with Crippen molar-refractivity contribution >= 4 is 28.8 Å². The Bertz CT molecular complexity index is 403. The number of hydrogen-bond donors (Lipinski definition) is 3. The van der Waals surface area contributed by atoms with Crippen LogP contribution in [-0.2, 0) is 16.1 Å². The zero-order chi connectivity index (χ0) is 12.8. The molecule has 2 amide bonds. The molecule has 0 aromatic carbocycles. The summed E-state index contributed by atoms with van der Waals surface area (Å²) in [6, 6.07) is 1.89. The van der Waals surface area contributed by atoms with Gasteiger partial charge in [0.25, 0.3) is 0 Å². The second-order valence-corrected chi connectivity index (χ2v) is 4.89. The normalized spacial score (nSPS) is 12.1. The van der Waals surface area contributed by atoms with Crippen LogP contribution in [0.2, 0.25) is 0 Å². The maximum absolute atomic E-state index is 11.0. The molecule has 0 saturated carbocycles. The number of carbonyl (C=O) groups excluding carboxylic acids is 2. The predicted octanol–water partition coefficient (Wildman–Crippen LogP) is 1.06. The molecule has 0 aliphatic carbocycles. The average molecular weight is 255 g/mol. The third kappa shape index (κ3) is 4.97. The van der Waals surface area contributed by atoms with Crippen molar-refractivity contribution in [3.63, 3.8) is 0 Å². The summed E-state index contributed by atoms with van der Waals surface area (Å²) in [5.41, 5.74) is 5.93. The molecule has 1 aromatic heterocycles. The predicted molar refractivity (Wildman–Crippen MR) is 68.7 cm³/mol. The molecule has 0 spiro atoms. The highest BCUT2D eigenvalue weighted by Crippen LogP contribution is 2.22. The van der Waals surface area contributed by atoms with Crippen LogP contribution in [0.3, 0.4) is 0 Å². The molecule has 0 fully saturated rings. The monoisotopic (exact) mass is 255 g/mol. The average Bonchev–Trinajstić information content (AvgIpc) is 2.60. The van der Waals surface area contributed by atoms with Crippen LogP contribution in [-0.4, -0.2) is 17.9 Å². The number of carbonyl (C=O) groups is 2. The van der Waals surface area contributed by atoms with Crippen LogP contribution < -0.4 is 16.4 Å². The van der Waals surface area contributed by atoms with E-state index in [4.69, 9.17) is 5.73 Å². The highest BCUT2D eigenvalue weighted by atomic mass is 32.1. The standard InChI is InChI=1S/C11H17N3O2S/c1-7(5-11(12)16)13-6-10-9(3-4-17-10)14-8(2)15/h3-4,7,13H,5-6H2,1-2H3,(H2,12,16)(H,14,15). The van der Waals surface area contributed by atoms with E-state index in [2.05, 4.69) is 10.6 Å². The summed E-state index contributed by atoms with van der Waals surface area (Å²) in [5.74, 6) is -0.409. The van der Waals surface area contributed by atoms with E-state index in [1.165, 1.54) is 6.92 Å². The van der Waals surface area contributed by atoms with Crippen molar-refractivity contribution in [3.8, 4) is 0 Å². The van der Waals surface area contributed by atoms with Crippen molar-refractivity contribution in [1.29, 1.82) is 0 Å². The first-order valence-corrected chi connectivity index (χ1v) is 6.22. The lowest BCUT2D eigenvalue weighted by Crippen LogP contribution is -2.30. The molecular formula is C11H17N3O2S. The van der Waals surface area contributed by atoms with Crippen LogP contribution in [0, 0.1) is 0 Å². The minimum Gasteiger partial charge on any atom is -0.370 e. The summed E-state index contributed by atoms with van der Waals surface area (Å²) in [6.07, 6.45) is 0.306. The Balaban J connectivity index is 2.48. The number of thiophene rings is 1. The van der Waals surface area contributed by atoms with Crippen molar-refractivity contribution < 1.29 is 9.59 Å². The van der Waals surface area contributed by atoms with Crippen LogP contribution in [0.5, 0.6) is 0 Å². The molecule has 1 rings (SSSR count). The molecule has 1 heterocycles. The Kier molecular flexibility index (Phi) is 5.11. The first-order chi connectivity index (χ1) is 7.99. The fraction of sp³-hybridized carbons (Fsp3) is 0.455. The smallest absolute Gasteiger partial charge is 0.221 e. The van der Waals surface area contributed by atoms with Crippen LogP contribution in [0.15, 0.2) is 11.4 Å². The molecule has 0 radical (unpaired) electrons. The van der Waals surface area contributed by atoms with E-state index in [0.717, 1.165) is 10.6 Å². The Morgan fingerprint density at radius 3 is 2.82 bits per heavy atom. The van der Waals surface area contributed by atoms with E-state index in [0.29, 0.717) is 13.0 Å². The van der Waals surface area contributed by atoms with Gasteiger partial charge < -0.3 is 16.4 Å². The van der Waals surface area contributed by atoms with Gasteiger partial charge in [-0.25, -0.2) is 0 Å². The number of hydrogen-bond acceptors (Lipinski definition) is 4. The van der Waals surface area contributed by atoms with Crippen LogP contribution in [0.1, 0.15) is 25.1 Å². The summed E-state index contributed by atoms with van der Waals surface area (Å²) in [7, 11) is 0. The molecule has 5 nitrogen and oxygen atoms in total. The molecule has 6 heteroatoms. The molecule has 1 aromatic rings. The van der Waals surface area contributed by atoms with Gasteiger partial charge in [0.1, 0.15) is 0 Å².